The highest BCUT2D eigenvalue weighted by molar-refractivity contribution is 5.92. The van der Waals surface area contributed by atoms with E-state index < -0.39 is 0 Å². The number of fused-ring (bicyclic) bond motifs is 1. The summed E-state index contributed by atoms with van der Waals surface area (Å²) < 4.78 is 20.6. The van der Waals surface area contributed by atoms with Crippen molar-refractivity contribution in [3.8, 4) is 0 Å². The Labute approximate surface area is 162 Å². The molecule has 1 fully saturated rings. The van der Waals surface area contributed by atoms with Gasteiger partial charge in [-0.15, -0.1) is 0 Å². The number of rotatable bonds is 5. The maximum absolute atomic E-state index is 13.3. The number of benzene rings is 1. The molecular formula is C21H23FN4O2. The van der Waals surface area contributed by atoms with E-state index in [1.54, 1.807) is 18.3 Å². The number of ether oxygens (including phenoxy) is 1. The number of amides is 1. The van der Waals surface area contributed by atoms with E-state index in [9.17, 15) is 9.18 Å². The molecule has 0 radical (unpaired) electrons. The zero-order valence-electron chi connectivity index (χ0n) is 15.8. The summed E-state index contributed by atoms with van der Waals surface area (Å²) in [5, 5.41) is 2.99. The van der Waals surface area contributed by atoms with E-state index in [4.69, 9.17) is 4.74 Å². The van der Waals surface area contributed by atoms with Gasteiger partial charge in [-0.3, -0.25) is 9.69 Å². The van der Waals surface area contributed by atoms with Gasteiger partial charge in [0.15, 0.2) is 0 Å². The van der Waals surface area contributed by atoms with Crippen molar-refractivity contribution in [1.82, 2.24) is 19.6 Å². The van der Waals surface area contributed by atoms with E-state index in [0.717, 1.165) is 29.9 Å². The van der Waals surface area contributed by atoms with Crippen LogP contribution in [0.4, 0.5) is 4.39 Å². The number of carbonyl (C=O) groups is 1. The molecule has 0 bridgehead atoms. The molecule has 0 spiro atoms. The molecule has 0 unspecified atom stereocenters. The van der Waals surface area contributed by atoms with Gasteiger partial charge < -0.3 is 14.5 Å². The van der Waals surface area contributed by atoms with Crippen molar-refractivity contribution in [3.05, 3.63) is 71.4 Å². The second kappa shape index (κ2) is 8.08. The summed E-state index contributed by atoms with van der Waals surface area (Å²) in [7, 11) is 0. The lowest BCUT2D eigenvalue weighted by molar-refractivity contribution is 0.0162. The molecule has 4 rings (SSSR count). The summed E-state index contributed by atoms with van der Waals surface area (Å²) in [4.78, 5) is 19.4. The van der Waals surface area contributed by atoms with Crippen LogP contribution in [-0.2, 0) is 4.74 Å². The zero-order chi connectivity index (χ0) is 19.5. The number of halogens is 1. The fourth-order valence-electron chi connectivity index (χ4n) is 3.50. The standard InChI is InChI=1S/C21H23FN4O2/c1-15-6-7-26-14-18(24-20(26)12-15)21(27)23-13-19(25-8-10-28-11-9-25)16-2-4-17(22)5-3-16/h2-7,12,14,19H,8-11,13H2,1H3,(H,23,27)/t19-/m1/s1. The predicted molar refractivity (Wildman–Crippen MR) is 104 cm³/mol. The van der Waals surface area contributed by atoms with Gasteiger partial charge in [-0.1, -0.05) is 12.1 Å². The number of pyridine rings is 1. The Hall–Kier alpha value is -2.77. The van der Waals surface area contributed by atoms with Gasteiger partial charge >= 0.3 is 0 Å². The Balaban J connectivity index is 1.50. The number of aryl methyl sites for hydroxylation is 1. The van der Waals surface area contributed by atoms with Gasteiger partial charge in [-0.05, 0) is 42.3 Å². The first kappa shape index (κ1) is 18.6. The molecule has 3 heterocycles. The van der Waals surface area contributed by atoms with Gasteiger partial charge in [-0.2, -0.15) is 0 Å². The average Bonchev–Trinajstić information content (AvgIpc) is 3.13. The van der Waals surface area contributed by atoms with Gasteiger partial charge in [0.2, 0.25) is 0 Å². The second-order valence-electron chi connectivity index (χ2n) is 7.02. The minimum atomic E-state index is -0.270. The van der Waals surface area contributed by atoms with E-state index in [1.807, 2.05) is 29.7 Å². The third-order valence-corrected chi connectivity index (χ3v) is 5.05. The molecule has 146 valence electrons. The molecule has 0 aliphatic carbocycles. The summed E-state index contributed by atoms with van der Waals surface area (Å²) in [5.74, 6) is -0.491. The normalized spacial score (nSPS) is 16.2. The topological polar surface area (TPSA) is 58.9 Å². The fourth-order valence-corrected chi connectivity index (χ4v) is 3.50. The van der Waals surface area contributed by atoms with E-state index in [0.29, 0.717) is 25.5 Å². The van der Waals surface area contributed by atoms with Gasteiger partial charge in [-0.25, -0.2) is 9.37 Å². The summed E-state index contributed by atoms with van der Waals surface area (Å²) in [6, 6.07) is 10.3. The van der Waals surface area contributed by atoms with Gasteiger partial charge in [0.25, 0.3) is 5.91 Å². The fraction of sp³-hybridized carbons (Fsp3) is 0.333. The van der Waals surface area contributed by atoms with Crippen LogP contribution in [0.1, 0.15) is 27.7 Å². The maximum atomic E-state index is 13.3. The number of aromatic nitrogens is 2. The number of imidazole rings is 1. The molecule has 7 heteroatoms. The first-order valence-corrected chi connectivity index (χ1v) is 9.41. The number of hydrogen-bond acceptors (Lipinski definition) is 4. The lowest BCUT2D eigenvalue weighted by Gasteiger charge is -2.34. The number of nitrogens with one attached hydrogen (secondary N) is 1. The molecule has 1 saturated heterocycles. The smallest absolute Gasteiger partial charge is 0.271 e. The van der Waals surface area contributed by atoms with Crippen LogP contribution in [-0.4, -0.2) is 53.0 Å². The van der Waals surface area contributed by atoms with E-state index >= 15 is 0 Å². The Kier molecular flexibility index (Phi) is 5.36. The zero-order valence-corrected chi connectivity index (χ0v) is 15.8. The second-order valence-corrected chi connectivity index (χ2v) is 7.02. The molecule has 1 aliphatic rings. The molecule has 1 aromatic carbocycles. The SMILES string of the molecule is Cc1ccn2cc(C(=O)NC[C@H](c3ccc(F)cc3)N3CCOCC3)nc2c1. The molecule has 3 aromatic rings. The molecule has 1 aliphatic heterocycles. The van der Waals surface area contributed by atoms with Gasteiger partial charge in [0, 0.05) is 32.0 Å². The van der Waals surface area contributed by atoms with E-state index in [2.05, 4.69) is 15.2 Å². The lowest BCUT2D eigenvalue weighted by Crippen LogP contribution is -2.43. The van der Waals surface area contributed by atoms with Crippen LogP contribution in [0.2, 0.25) is 0 Å². The summed E-state index contributed by atoms with van der Waals surface area (Å²) in [6.45, 7) is 5.24. The lowest BCUT2D eigenvalue weighted by atomic mass is 10.0. The first-order chi connectivity index (χ1) is 13.6. The quantitative estimate of drug-likeness (QED) is 0.737. The van der Waals surface area contributed by atoms with Crippen LogP contribution in [0.15, 0.2) is 48.8 Å². The van der Waals surface area contributed by atoms with Crippen LogP contribution in [0.25, 0.3) is 5.65 Å². The number of hydrogen-bond donors (Lipinski definition) is 1. The molecule has 1 atom stereocenters. The Morgan fingerprint density at radius 3 is 2.75 bits per heavy atom. The Morgan fingerprint density at radius 1 is 1.25 bits per heavy atom. The molecule has 6 nitrogen and oxygen atoms in total. The molecule has 1 N–H and O–H groups in total. The summed E-state index contributed by atoms with van der Waals surface area (Å²) in [5.41, 5.74) is 3.18. The highest BCUT2D eigenvalue weighted by Crippen LogP contribution is 2.22. The van der Waals surface area contributed by atoms with Crippen molar-refractivity contribution in [3.63, 3.8) is 0 Å². The van der Waals surface area contributed by atoms with Gasteiger partial charge in [0.1, 0.15) is 17.2 Å². The Bertz CT molecular complexity index is 964. The predicted octanol–water partition coefficient (Wildman–Crippen LogP) is 2.59. The van der Waals surface area contributed by atoms with Crippen LogP contribution < -0.4 is 5.32 Å². The number of carbonyl (C=O) groups excluding carboxylic acids is 1. The number of nitrogens with zero attached hydrogens (tertiary/aromatic N) is 3. The highest BCUT2D eigenvalue weighted by Gasteiger charge is 2.24. The molecule has 0 saturated carbocycles. The summed E-state index contributed by atoms with van der Waals surface area (Å²) in [6.07, 6.45) is 3.62. The van der Waals surface area contributed by atoms with Crippen molar-refractivity contribution in [1.29, 1.82) is 0 Å². The molecule has 2 aromatic heterocycles. The van der Waals surface area contributed by atoms with Gasteiger partial charge in [0.05, 0.1) is 19.3 Å². The minimum absolute atomic E-state index is 0.0484. The molecule has 28 heavy (non-hydrogen) atoms. The monoisotopic (exact) mass is 382 g/mol. The Morgan fingerprint density at radius 2 is 2.00 bits per heavy atom. The molecule has 1 amide bonds. The summed E-state index contributed by atoms with van der Waals surface area (Å²) >= 11 is 0. The number of morpholine rings is 1. The third kappa shape index (κ3) is 4.05. The largest absolute Gasteiger partial charge is 0.379 e. The van der Waals surface area contributed by atoms with Crippen molar-refractivity contribution in [2.75, 3.05) is 32.8 Å². The third-order valence-electron chi connectivity index (χ3n) is 5.05. The average molecular weight is 382 g/mol. The van der Waals surface area contributed by atoms with Crippen LogP contribution in [0.3, 0.4) is 0 Å². The van der Waals surface area contributed by atoms with Crippen LogP contribution >= 0.6 is 0 Å². The molecular weight excluding hydrogens is 359 g/mol. The van der Waals surface area contributed by atoms with Crippen molar-refractivity contribution >= 4 is 11.6 Å². The maximum Gasteiger partial charge on any atom is 0.271 e. The first-order valence-electron chi connectivity index (χ1n) is 9.41. The van der Waals surface area contributed by atoms with Crippen LogP contribution in [0, 0.1) is 12.7 Å². The van der Waals surface area contributed by atoms with Crippen LogP contribution in [0.5, 0.6) is 0 Å². The van der Waals surface area contributed by atoms with Crippen molar-refractivity contribution in [2.24, 2.45) is 0 Å². The minimum Gasteiger partial charge on any atom is -0.379 e. The van der Waals surface area contributed by atoms with E-state index in [-0.39, 0.29) is 17.8 Å². The van der Waals surface area contributed by atoms with E-state index in [1.165, 1.54) is 12.1 Å². The van der Waals surface area contributed by atoms with Crippen molar-refractivity contribution < 1.29 is 13.9 Å². The van der Waals surface area contributed by atoms with Crippen molar-refractivity contribution in [2.45, 2.75) is 13.0 Å². The highest BCUT2D eigenvalue weighted by atomic mass is 19.1.